The smallest absolute Gasteiger partial charge is 0.406 e. The van der Waals surface area contributed by atoms with Crippen molar-refractivity contribution in [2.24, 2.45) is 0 Å². The van der Waals surface area contributed by atoms with Gasteiger partial charge in [0.2, 0.25) is 0 Å². The molecule has 0 saturated heterocycles. The number of halogens is 3. The lowest BCUT2D eigenvalue weighted by Gasteiger charge is -2.10. The minimum absolute atomic E-state index is 0.290. The third-order valence-electron chi connectivity index (χ3n) is 4.20. The van der Waals surface area contributed by atoms with Crippen molar-refractivity contribution in [1.29, 1.82) is 0 Å². The highest BCUT2D eigenvalue weighted by Crippen LogP contribution is 2.29. The van der Waals surface area contributed by atoms with Crippen LogP contribution in [-0.4, -0.2) is 25.9 Å². The zero-order chi connectivity index (χ0) is 20.4. The summed E-state index contributed by atoms with van der Waals surface area (Å²) in [5.74, 6) is 0.172. The second kappa shape index (κ2) is 7.42. The van der Waals surface area contributed by atoms with Crippen LogP contribution in [0, 0.1) is 0 Å². The summed E-state index contributed by atoms with van der Waals surface area (Å²) < 4.78 is 42.5. The van der Waals surface area contributed by atoms with E-state index in [1.54, 1.807) is 16.9 Å². The number of rotatable bonds is 5. The number of aromatic nitrogens is 4. The largest absolute Gasteiger partial charge is 0.573 e. The van der Waals surface area contributed by atoms with Crippen LogP contribution in [-0.2, 0) is 6.42 Å². The summed E-state index contributed by atoms with van der Waals surface area (Å²) in [5, 5.41) is 7.63. The van der Waals surface area contributed by atoms with E-state index in [9.17, 15) is 13.2 Å². The summed E-state index contributed by atoms with van der Waals surface area (Å²) in [6, 6.07) is 11.2. The van der Waals surface area contributed by atoms with E-state index in [2.05, 4.69) is 25.1 Å². The van der Waals surface area contributed by atoms with E-state index < -0.39 is 6.36 Å². The van der Waals surface area contributed by atoms with Crippen molar-refractivity contribution in [3.63, 3.8) is 0 Å². The Hall–Kier alpha value is -3.62. The molecule has 1 aromatic carbocycles. The highest BCUT2D eigenvalue weighted by atomic mass is 19.4. The van der Waals surface area contributed by atoms with E-state index in [4.69, 9.17) is 0 Å². The van der Waals surface area contributed by atoms with E-state index in [1.807, 2.05) is 31.3 Å². The predicted molar refractivity (Wildman–Crippen MR) is 102 cm³/mol. The molecule has 3 aromatic heterocycles. The van der Waals surface area contributed by atoms with Gasteiger partial charge in [0.05, 0.1) is 34.9 Å². The number of hydrogen-bond acceptors (Lipinski definition) is 5. The fourth-order valence-electron chi connectivity index (χ4n) is 3.01. The standard InChI is InChI=1S/C20H16F3N5O/c1-2-15-19(17-5-3-4-10-28(17)27-15)16-11-24-12-18(26-16)25-13-6-8-14(9-7-13)29-20(21,22)23/h3-12H,2H2,1H3,(H,25,26). The molecule has 0 amide bonds. The Kier molecular flexibility index (Phi) is 4.79. The molecule has 1 N–H and O–H groups in total. The van der Waals surface area contributed by atoms with Gasteiger partial charge in [-0.2, -0.15) is 5.10 Å². The van der Waals surface area contributed by atoms with Gasteiger partial charge in [-0.05, 0) is 42.8 Å². The molecule has 148 valence electrons. The molecule has 0 spiro atoms. The Labute approximate surface area is 164 Å². The van der Waals surface area contributed by atoms with Crippen LogP contribution in [0.1, 0.15) is 12.6 Å². The Bertz CT molecular complexity index is 1140. The monoisotopic (exact) mass is 399 g/mol. The molecule has 0 fully saturated rings. The molecule has 0 radical (unpaired) electrons. The third-order valence-corrected chi connectivity index (χ3v) is 4.20. The second-order valence-electron chi connectivity index (χ2n) is 6.19. The Morgan fingerprint density at radius 3 is 2.59 bits per heavy atom. The van der Waals surface area contributed by atoms with Gasteiger partial charge in [0, 0.05) is 11.9 Å². The quantitative estimate of drug-likeness (QED) is 0.512. The number of anilines is 2. The molecule has 29 heavy (non-hydrogen) atoms. The normalized spacial score (nSPS) is 11.6. The summed E-state index contributed by atoms with van der Waals surface area (Å²) >= 11 is 0. The first-order valence-electron chi connectivity index (χ1n) is 8.84. The van der Waals surface area contributed by atoms with Crippen LogP contribution in [0.2, 0.25) is 0 Å². The SMILES string of the molecule is CCc1nn2ccccc2c1-c1cncc(Nc2ccc(OC(F)(F)F)cc2)n1. The van der Waals surface area contributed by atoms with Gasteiger partial charge in [-0.1, -0.05) is 13.0 Å². The van der Waals surface area contributed by atoms with Gasteiger partial charge in [0.15, 0.2) is 0 Å². The van der Waals surface area contributed by atoms with Gasteiger partial charge in [-0.25, -0.2) is 9.50 Å². The molecular weight excluding hydrogens is 383 g/mol. The molecule has 9 heteroatoms. The first-order chi connectivity index (χ1) is 13.9. The van der Waals surface area contributed by atoms with E-state index in [-0.39, 0.29) is 5.75 Å². The maximum atomic E-state index is 12.3. The molecule has 0 bridgehead atoms. The molecule has 4 rings (SSSR count). The van der Waals surface area contributed by atoms with Crippen LogP contribution in [0.3, 0.4) is 0 Å². The highest BCUT2D eigenvalue weighted by Gasteiger charge is 2.30. The van der Waals surface area contributed by atoms with Crippen molar-refractivity contribution >= 4 is 17.0 Å². The van der Waals surface area contributed by atoms with Gasteiger partial charge < -0.3 is 10.1 Å². The number of aryl methyl sites for hydroxylation is 1. The van der Waals surface area contributed by atoms with E-state index in [1.165, 1.54) is 24.3 Å². The predicted octanol–water partition coefficient (Wildman–Crippen LogP) is 5.00. The number of alkyl halides is 3. The average molecular weight is 399 g/mol. The van der Waals surface area contributed by atoms with Crippen molar-refractivity contribution in [2.75, 3.05) is 5.32 Å². The van der Waals surface area contributed by atoms with Gasteiger partial charge in [0.25, 0.3) is 0 Å². The molecule has 4 aromatic rings. The topological polar surface area (TPSA) is 64.3 Å². The maximum absolute atomic E-state index is 12.3. The number of pyridine rings is 1. The molecule has 3 heterocycles. The number of nitrogens with one attached hydrogen (secondary N) is 1. The number of fused-ring (bicyclic) bond motifs is 1. The lowest BCUT2D eigenvalue weighted by Crippen LogP contribution is -2.16. The fraction of sp³-hybridized carbons (Fsp3) is 0.150. The number of benzene rings is 1. The first kappa shape index (κ1) is 18.7. The minimum atomic E-state index is -4.72. The van der Waals surface area contributed by atoms with Crippen molar-refractivity contribution < 1.29 is 17.9 Å². The molecule has 0 aliphatic heterocycles. The summed E-state index contributed by atoms with van der Waals surface area (Å²) in [6.07, 6.45) is 1.09. The van der Waals surface area contributed by atoms with Crippen LogP contribution in [0.25, 0.3) is 16.8 Å². The molecular formula is C20H16F3N5O. The Morgan fingerprint density at radius 2 is 1.86 bits per heavy atom. The molecule has 0 atom stereocenters. The van der Waals surface area contributed by atoms with Crippen LogP contribution in [0.5, 0.6) is 5.75 Å². The van der Waals surface area contributed by atoms with Crippen LogP contribution >= 0.6 is 0 Å². The number of hydrogen-bond donors (Lipinski definition) is 1. The van der Waals surface area contributed by atoms with Gasteiger partial charge in [0.1, 0.15) is 11.6 Å². The van der Waals surface area contributed by atoms with Gasteiger partial charge >= 0.3 is 6.36 Å². The molecule has 0 aliphatic rings. The number of nitrogens with zero attached hydrogens (tertiary/aromatic N) is 4. The van der Waals surface area contributed by atoms with Crippen LogP contribution in [0.15, 0.2) is 61.1 Å². The average Bonchev–Trinajstić information content (AvgIpc) is 3.07. The molecule has 0 aliphatic carbocycles. The minimum Gasteiger partial charge on any atom is -0.406 e. The van der Waals surface area contributed by atoms with Crippen molar-refractivity contribution in [3.8, 4) is 17.0 Å². The van der Waals surface area contributed by atoms with E-state index in [0.29, 0.717) is 17.2 Å². The summed E-state index contributed by atoms with van der Waals surface area (Å²) in [5.41, 5.74) is 3.94. The van der Waals surface area contributed by atoms with E-state index in [0.717, 1.165) is 23.2 Å². The molecule has 6 nitrogen and oxygen atoms in total. The fourth-order valence-corrected chi connectivity index (χ4v) is 3.01. The second-order valence-corrected chi connectivity index (χ2v) is 6.19. The maximum Gasteiger partial charge on any atom is 0.573 e. The van der Waals surface area contributed by atoms with Crippen molar-refractivity contribution in [3.05, 3.63) is 66.7 Å². The van der Waals surface area contributed by atoms with Crippen molar-refractivity contribution in [2.45, 2.75) is 19.7 Å². The molecule has 0 saturated carbocycles. The third kappa shape index (κ3) is 4.13. The summed E-state index contributed by atoms with van der Waals surface area (Å²) in [4.78, 5) is 8.86. The summed E-state index contributed by atoms with van der Waals surface area (Å²) in [7, 11) is 0. The van der Waals surface area contributed by atoms with Crippen LogP contribution < -0.4 is 10.1 Å². The Morgan fingerprint density at radius 1 is 1.07 bits per heavy atom. The van der Waals surface area contributed by atoms with E-state index >= 15 is 0 Å². The lowest BCUT2D eigenvalue weighted by molar-refractivity contribution is -0.274. The molecule has 0 unspecified atom stereocenters. The number of ether oxygens (including phenoxy) is 1. The first-order valence-corrected chi connectivity index (χ1v) is 8.84. The Balaban J connectivity index is 1.62. The zero-order valence-corrected chi connectivity index (χ0v) is 15.3. The summed E-state index contributed by atoms with van der Waals surface area (Å²) in [6.45, 7) is 2.02. The van der Waals surface area contributed by atoms with Crippen molar-refractivity contribution in [1.82, 2.24) is 19.6 Å². The van der Waals surface area contributed by atoms with Gasteiger partial charge in [-0.15, -0.1) is 13.2 Å². The zero-order valence-electron chi connectivity index (χ0n) is 15.3. The van der Waals surface area contributed by atoms with Gasteiger partial charge in [-0.3, -0.25) is 4.98 Å². The highest BCUT2D eigenvalue weighted by molar-refractivity contribution is 5.80. The lowest BCUT2D eigenvalue weighted by atomic mass is 10.1. The van der Waals surface area contributed by atoms with Crippen LogP contribution in [0.4, 0.5) is 24.7 Å².